The number of hydrogen-bond donors (Lipinski definition) is 0. The minimum atomic E-state index is -3.05. The van der Waals surface area contributed by atoms with Crippen LogP contribution in [0.2, 0.25) is 0 Å². The Balaban J connectivity index is 1.95. The molecule has 1 amide bonds. The van der Waals surface area contributed by atoms with Crippen molar-refractivity contribution >= 4 is 5.91 Å². The standard InChI is InChI=1S/C16H18F3NO/c1-15(16(2,18)19)9-12-6-7-13(20(12)14(15)21)10-4-3-5-11(17)8-10/h3-5,8,12-13H,6-7,9H2,1-2H3/t12-,13-,15+/m0/s1. The molecular weight excluding hydrogens is 279 g/mol. The molecule has 0 N–H and O–H groups in total. The molecule has 2 nitrogen and oxygen atoms in total. The monoisotopic (exact) mass is 297 g/mol. The van der Waals surface area contributed by atoms with E-state index in [9.17, 15) is 18.0 Å². The van der Waals surface area contributed by atoms with Crippen molar-refractivity contribution in [1.29, 1.82) is 0 Å². The summed E-state index contributed by atoms with van der Waals surface area (Å²) in [5, 5.41) is 0. The van der Waals surface area contributed by atoms with Gasteiger partial charge in [0.25, 0.3) is 5.92 Å². The minimum Gasteiger partial charge on any atom is -0.332 e. The third kappa shape index (κ3) is 2.05. The van der Waals surface area contributed by atoms with Gasteiger partial charge in [0.2, 0.25) is 5.91 Å². The summed E-state index contributed by atoms with van der Waals surface area (Å²) >= 11 is 0. The van der Waals surface area contributed by atoms with E-state index in [0.717, 1.165) is 6.92 Å². The largest absolute Gasteiger partial charge is 0.332 e. The van der Waals surface area contributed by atoms with Gasteiger partial charge in [-0.25, -0.2) is 13.2 Å². The van der Waals surface area contributed by atoms with Crippen molar-refractivity contribution in [3.8, 4) is 0 Å². The van der Waals surface area contributed by atoms with Crippen molar-refractivity contribution in [3.05, 3.63) is 35.6 Å². The Bertz CT molecular complexity index is 583. The summed E-state index contributed by atoms with van der Waals surface area (Å²) in [6.45, 7) is 2.15. The van der Waals surface area contributed by atoms with Crippen LogP contribution >= 0.6 is 0 Å². The minimum absolute atomic E-state index is 0.165. The third-order valence-corrected chi connectivity index (χ3v) is 5.06. The molecule has 2 aliphatic heterocycles. The lowest BCUT2D eigenvalue weighted by atomic mass is 9.80. The predicted molar refractivity (Wildman–Crippen MR) is 72.4 cm³/mol. The van der Waals surface area contributed by atoms with Crippen molar-refractivity contribution in [3.63, 3.8) is 0 Å². The Labute approximate surface area is 121 Å². The molecule has 1 aromatic rings. The second-order valence-corrected chi connectivity index (χ2v) is 6.44. The van der Waals surface area contributed by atoms with E-state index < -0.39 is 17.2 Å². The zero-order valence-electron chi connectivity index (χ0n) is 12.1. The summed E-state index contributed by atoms with van der Waals surface area (Å²) in [7, 11) is 0. The van der Waals surface area contributed by atoms with E-state index in [0.29, 0.717) is 18.4 Å². The molecule has 21 heavy (non-hydrogen) atoms. The molecule has 114 valence electrons. The van der Waals surface area contributed by atoms with Gasteiger partial charge in [-0.15, -0.1) is 0 Å². The Morgan fingerprint density at radius 1 is 1.33 bits per heavy atom. The van der Waals surface area contributed by atoms with Crippen molar-refractivity contribution in [2.75, 3.05) is 0 Å². The zero-order chi connectivity index (χ0) is 15.4. The van der Waals surface area contributed by atoms with Crippen LogP contribution in [0.4, 0.5) is 13.2 Å². The summed E-state index contributed by atoms with van der Waals surface area (Å²) in [6.07, 6.45) is 1.56. The molecule has 0 bridgehead atoms. The number of fused-ring (bicyclic) bond motifs is 1. The molecule has 0 unspecified atom stereocenters. The van der Waals surface area contributed by atoms with Crippen LogP contribution in [0.5, 0.6) is 0 Å². The molecule has 2 fully saturated rings. The molecular formula is C16H18F3NO. The summed E-state index contributed by atoms with van der Waals surface area (Å²) in [5.41, 5.74) is -0.960. The first kappa shape index (κ1) is 14.4. The molecule has 0 aliphatic carbocycles. The van der Waals surface area contributed by atoms with E-state index in [1.165, 1.54) is 19.1 Å². The lowest BCUT2D eigenvalue weighted by molar-refractivity contribution is -0.156. The highest BCUT2D eigenvalue weighted by Crippen LogP contribution is 2.54. The van der Waals surface area contributed by atoms with E-state index in [2.05, 4.69) is 0 Å². The molecule has 3 atom stereocenters. The molecule has 0 saturated carbocycles. The van der Waals surface area contributed by atoms with Gasteiger partial charge in [-0.1, -0.05) is 12.1 Å². The van der Waals surface area contributed by atoms with Gasteiger partial charge in [0.05, 0.1) is 6.04 Å². The number of benzene rings is 1. The van der Waals surface area contributed by atoms with Crippen molar-refractivity contribution in [1.82, 2.24) is 4.90 Å². The first-order valence-corrected chi connectivity index (χ1v) is 7.20. The quantitative estimate of drug-likeness (QED) is 0.810. The highest BCUT2D eigenvalue weighted by Gasteiger charge is 2.62. The van der Waals surface area contributed by atoms with Crippen LogP contribution in [-0.2, 0) is 4.79 Å². The number of alkyl halides is 2. The van der Waals surface area contributed by atoms with Crippen LogP contribution in [0, 0.1) is 11.2 Å². The lowest BCUT2D eigenvalue weighted by Crippen LogP contribution is -2.44. The van der Waals surface area contributed by atoms with Crippen LogP contribution in [0.15, 0.2) is 24.3 Å². The normalized spacial score (nSPS) is 32.6. The zero-order valence-corrected chi connectivity index (χ0v) is 12.1. The topological polar surface area (TPSA) is 20.3 Å². The number of halogens is 3. The summed E-state index contributed by atoms with van der Waals surface area (Å²) in [4.78, 5) is 14.1. The van der Waals surface area contributed by atoms with Gasteiger partial charge in [-0.3, -0.25) is 4.79 Å². The summed E-state index contributed by atoms with van der Waals surface area (Å²) in [5.74, 6) is -3.93. The van der Waals surface area contributed by atoms with E-state index in [1.54, 1.807) is 17.0 Å². The first-order valence-electron chi connectivity index (χ1n) is 7.20. The van der Waals surface area contributed by atoms with Crippen LogP contribution in [0.25, 0.3) is 0 Å². The van der Waals surface area contributed by atoms with E-state index in [-0.39, 0.29) is 24.3 Å². The molecule has 5 heteroatoms. The third-order valence-electron chi connectivity index (χ3n) is 5.06. The maximum absolute atomic E-state index is 13.9. The fraction of sp³-hybridized carbons (Fsp3) is 0.562. The lowest BCUT2D eigenvalue weighted by Gasteiger charge is -2.31. The molecule has 0 spiro atoms. The smallest absolute Gasteiger partial charge is 0.259 e. The van der Waals surface area contributed by atoms with Crippen LogP contribution < -0.4 is 0 Å². The average Bonchev–Trinajstić information content (AvgIpc) is 2.89. The maximum atomic E-state index is 13.9. The van der Waals surface area contributed by atoms with Gasteiger partial charge in [-0.2, -0.15) is 0 Å². The fourth-order valence-electron chi connectivity index (χ4n) is 3.64. The van der Waals surface area contributed by atoms with Gasteiger partial charge in [0, 0.05) is 13.0 Å². The number of carbonyl (C=O) groups is 1. The van der Waals surface area contributed by atoms with Gasteiger partial charge >= 0.3 is 0 Å². The molecule has 2 saturated heterocycles. The summed E-state index contributed by atoms with van der Waals surface area (Å²) in [6, 6.07) is 5.62. The van der Waals surface area contributed by atoms with Gasteiger partial charge in [0.1, 0.15) is 11.2 Å². The van der Waals surface area contributed by atoms with Crippen molar-refractivity contribution in [2.24, 2.45) is 5.41 Å². The second kappa shape index (κ2) is 4.49. The van der Waals surface area contributed by atoms with Gasteiger partial charge in [0.15, 0.2) is 0 Å². The maximum Gasteiger partial charge on any atom is 0.259 e. The van der Waals surface area contributed by atoms with Crippen LogP contribution in [-0.4, -0.2) is 22.8 Å². The number of hydrogen-bond acceptors (Lipinski definition) is 1. The SMILES string of the molecule is CC(F)(F)[C@]1(C)C[C@@H]2CC[C@@H](c3cccc(F)c3)N2C1=O. The number of rotatable bonds is 2. The van der Waals surface area contributed by atoms with Gasteiger partial charge < -0.3 is 4.90 Å². The Hall–Kier alpha value is -1.52. The Morgan fingerprint density at radius 3 is 2.67 bits per heavy atom. The fourth-order valence-corrected chi connectivity index (χ4v) is 3.64. The molecule has 0 aromatic heterocycles. The van der Waals surface area contributed by atoms with Crippen LogP contribution in [0.1, 0.15) is 44.7 Å². The van der Waals surface area contributed by atoms with Crippen LogP contribution in [0.3, 0.4) is 0 Å². The molecule has 1 aromatic carbocycles. The van der Waals surface area contributed by atoms with Crippen molar-refractivity contribution < 1.29 is 18.0 Å². The second-order valence-electron chi connectivity index (χ2n) is 6.44. The number of nitrogens with zero attached hydrogens (tertiary/aromatic N) is 1. The summed E-state index contributed by atoms with van der Waals surface area (Å²) < 4.78 is 41.1. The highest BCUT2D eigenvalue weighted by molar-refractivity contribution is 5.87. The van der Waals surface area contributed by atoms with Crippen molar-refractivity contribution in [2.45, 2.75) is 51.1 Å². The highest BCUT2D eigenvalue weighted by atomic mass is 19.3. The Morgan fingerprint density at radius 2 is 2.05 bits per heavy atom. The molecule has 0 radical (unpaired) electrons. The number of carbonyl (C=O) groups excluding carboxylic acids is 1. The first-order chi connectivity index (χ1) is 9.74. The molecule has 3 rings (SSSR count). The van der Waals surface area contributed by atoms with E-state index in [4.69, 9.17) is 0 Å². The average molecular weight is 297 g/mol. The molecule has 2 aliphatic rings. The Kier molecular flexibility index (Phi) is 3.08. The number of amides is 1. The van der Waals surface area contributed by atoms with E-state index in [1.807, 2.05) is 0 Å². The van der Waals surface area contributed by atoms with E-state index >= 15 is 0 Å². The molecule has 2 heterocycles. The van der Waals surface area contributed by atoms with Gasteiger partial charge in [-0.05, 0) is 43.9 Å². The predicted octanol–water partition coefficient (Wildman–Crippen LogP) is 3.92.